The van der Waals surface area contributed by atoms with E-state index in [1.165, 1.54) is 5.56 Å². The van der Waals surface area contributed by atoms with E-state index >= 15 is 0 Å². The van der Waals surface area contributed by atoms with E-state index in [-0.39, 0.29) is 11.7 Å². The van der Waals surface area contributed by atoms with Crippen molar-refractivity contribution in [2.75, 3.05) is 6.54 Å². The molecule has 3 aromatic rings. The van der Waals surface area contributed by atoms with Crippen molar-refractivity contribution in [1.29, 1.82) is 5.41 Å². The number of nitrogens with two attached hydrogens (primary N) is 1. The fourth-order valence-corrected chi connectivity index (χ4v) is 4.29. The number of aryl methyl sites for hydroxylation is 1. The molecule has 1 aliphatic rings. The Balaban J connectivity index is 1.40. The molecule has 3 aromatic carbocycles. The summed E-state index contributed by atoms with van der Waals surface area (Å²) in [5, 5.41) is 9.85. The molecule has 0 unspecified atom stereocenters. The molecular weight excluding hydrogens is 358 g/mol. The number of nitrogen functional groups attached to an aromatic ring is 1. The summed E-state index contributed by atoms with van der Waals surface area (Å²) in [6.07, 6.45) is 4.64. The standard InChI is InChI=1S/C25H27N3O/c26-25(27)22-12-11-20-15-19(8-10-21(20)17-22)9-13-23-7-4-14-28(23)24(29)16-18-5-2-1-3-6-18/h1-3,5-6,8,10-12,15,17,23H,4,7,9,13-14,16H2,(H3,26,27)/t23-/m1/s1. The third kappa shape index (κ3) is 4.48. The highest BCUT2D eigenvalue weighted by atomic mass is 16.2. The topological polar surface area (TPSA) is 70.2 Å². The quantitative estimate of drug-likeness (QED) is 0.491. The van der Waals surface area contributed by atoms with Gasteiger partial charge in [0.15, 0.2) is 0 Å². The number of carbonyl (C=O) groups excluding carboxylic acids is 1. The highest BCUT2D eigenvalue weighted by Crippen LogP contribution is 2.24. The van der Waals surface area contributed by atoms with E-state index in [2.05, 4.69) is 23.1 Å². The third-order valence-corrected chi connectivity index (χ3v) is 5.88. The molecule has 0 spiro atoms. The van der Waals surface area contributed by atoms with Gasteiger partial charge in [-0.2, -0.15) is 0 Å². The van der Waals surface area contributed by atoms with Crippen LogP contribution in [0.3, 0.4) is 0 Å². The maximum Gasteiger partial charge on any atom is 0.227 e. The number of likely N-dealkylation sites (tertiary alicyclic amines) is 1. The average molecular weight is 386 g/mol. The van der Waals surface area contributed by atoms with E-state index in [9.17, 15) is 4.79 Å². The minimum Gasteiger partial charge on any atom is -0.384 e. The molecule has 1 heterocycles. The fraction of sp³-hybridized carbons (Fsp3) is 0.280. The van der Waals surface area contributed by atoms with E-state index < -0.39 is 0 Å². The van der Waals surface area contributed by atoms with Crippen molar-refractivity contribution in [2.45, 2.75) is 38.1 Å². The van der Waals surface area contributed by atoms with Crippen molar-refractivity contribution in [3.8, 4) is 0 Å². The summed E-state index contributed by atoms with van der Waals surface area (Å²) in [6.45, 7) is 0.877. The number of amidine groups is 1. The van der Waals surface area contributed by atoms with Crippen LogP contribution in [0.5, 0.6) is 0 Å². The van der Waals surface area contributed by atoms with Crippen molar-refractivity contribution < 1.29 is 4.79 Å². The molecule has 1 fully saturated rings. The summed E-state index contributed by atoms with van der Waals surface area (Å²) in [7, 11) is 0. The Hall–Kier alpha value is -3.14. The highest BCUT2D eigenvalue weighted by Gasteiger charge is 2.28. The molecule has 0 radical (unpaired) electrons. The van der Waals surface area contributed by atoms with Gasteiger partial charge in [-0.05, 0) is 53.6 Å². The van der Waals surface area contributed by atoms with E-state index in [0.29, 0.717) is 12.5 Å². The molecule has 29 heavy (non-hydrogen) atoms. The molecule has 1 amide bonds. The maximum atomic E-state index is 12.8. The summed E-state index contributed by atoms with van der Waals surface area (Å²) >= 11 is 0. The summed E-state index contributed by atoms with van der Waals surface area (Å²) in [5.74, 6) is 0.339. The first-order valence-corrected chi connectivity index (χ1v) is 10.3. The van der Waals surface area contributed by atoms with Crippen molar-refractivity contribution >= 4 is 22.5 Å². The van der Waals surface area contributed by atoms with Gasteiger partial charge in [0.2, 0.25) is 5.91 Å². The molecule has 4 nitrogen and oxygen atoms in total. The minimum absolute atomic E-state index is 0.0949. The highest BCUT2D eigenvalue weighted by molar-refractivity contribution is 5.99. The van der Waals surface area contributed by atoms with Crippen molar-refractivity contribution in [3.63, 3.8) is 0 Å². The number of carbonyl (C=O) groups is 1. The Morgan fingerprint density at radius 3 is 2.55 bits per heavy atom. The van der Waals surface area contributed by atoms with Crippen molar-refractivity contribution in [1.82, 2.24) is 4.90 Å². The molecule has 148 valence electrons. The second kappa shape index (κ2) is 8.48. The monoisotopic (exact) mass is 385 g/mol. The number of amides is 1. The number of hydrogen-bond acceptors (Lipinski definition) is 2. The number of fused-ring (bicyclic) bond motifs is 1. The van der Waals surface area contributed by atoms with Crippen LogP contribution >= 0.6 is 0 Å². The Kier molecular flexibility index (Phi) is 5.61. The Labute approximate surface area is 171 Å². The van der Waals surface area contributed by atoms with Gasteiger partial charge in [0.1, 0.15) is 5.84 Å². The normalized spacial score (nSPS) is 16.3. The second-order valence-corrected chi connectivity index (χ2v) is 7.89. The summed E-state index contributed by atoms with van der Waals surface area (Å²) in [5.41, 5.74) is 8.72. The van der Waals surface area contributed by atoms with Crippen molar-refractivity contribution in [3.05, 3.63) is 83.4 Å². The number of nitrogens with one attached hydrogen (secondary N) is 1. The van der Waals surface area contributed by atoms with Gasteiger partial charge in [-0.1, -0.05) is 60.7 Å². The lowest BCUT2D eigenvalue weighted by atomic mass is 9.99. The van der Waals surface area contributed by atoms with Gasteiger partial charge < -0.3 is 10.6 Å². The molecule has 1 atom stereocenters. The molecule has 0 aromatic heterocycles. The van der Waals surface area contributed by atoms with Crippen LogP contribution in [0.1, 0.15) is 36.0 Å². The number of hydrogen-bond donors (Lipinski definition) is 2. The van der Waals surface area contributed by atoms with E-state index in [0.717, 1.165) is 54.1 Å². The van der Waals surface area contributed by atoms with E-state index in [1.54, 1.807) is 0 Å². The third-order valence-electron chi connectivity index (χ3n) is 5.88. The van der Waals surface area contributed by atoms with Gasteiger partial charge in [0.05, 0.1) is 6.42 Å². The molecule has 0 bridgehead atoms. The fourth-order valence-electron chi connectivity index (χ4n) is 4.29. The smallest absolute Gasteiger partial charge is 0.227 e. The Morgan fingerprint density at radius 2 is 1.76 bits per heavy atom. The second-order valence-electron chi connectivity index (χ2n) is 7.89. The van der Waals surface area contributed by atoms with Crippen LogP contribution in [-0.2, 0) is 17.6 Å². The number of nitrogens with zero attached hydrogens (tertiary/aromatic N) is 1. The van der Waals surface area contributed by atoms with Crippen LogP contribution in [-0.4, -0.2) is 29.2 Å². The van der Waals surface area contributed by atoms with E-state index in [1.807, 2.05) is 48.5 Å². The largest absolute Gasteiger partial charge is 0.384 e. The first-order valence-electron chi connectivity index (χ1n) is 10.3. The first kappa shape index (κ1) is 19.2. The molecular formula is C25H27N3O. The van der Waals surface area contributed by atoms with Crippen molar-refractivity contribution in [2.24, 2.45) is 5.73 Å². The van der Waals surface area contributed by atoms with Crippen LogP contribution in [0.2, 0.25) is 0 Å². The number of benzene rings is 3. The molecule has 4 rings (SSSR count). The molecule has 1 aliphatic heterocycles. The van der Waals surface area contributed by atoms with Crippen LogP contribution in [0.25, 0.3) is 10.8 Å². The lowest BCUT2D eigenvalue weighted by molar-refractivity contribution is -0.131. The zero-order valence-corrected chi connectivity index (χ0v) is 16.6. The van der Waals surface area contributed by atoms with Gasteiger partial charge in [-0.3, -0.25) is 10.2 Å². The van der Waals surface area contributed by atoms with Gasteiger partial charge in [0, 0.05) is 18.2 Å². The van der Waals surface area contributed by atoms with Crippen LogP contribution < -0.4 is 5.73 Å². The molecule has 3 N–H and O–H groups in total. The Bertz CT molecular complexity index is 1030. The number of rotatable bonds is 6. The van der Waals surface area contributed by atoms with Crippen LogP contribution in [0, 0.1) is 5.41 Å². The van der Waals surface area contributed by atoms with Gasteiger partial charge >= 0.3 is 0 Å². The minimum atomic E-state index is 0.0949. The van der Waals surface area contributed by atoms with Crippen LogP contribution in [0.4, 0.5) is 0 Å². The predicted molar refractivity (Wildman–Crippen MR) is 118 cm³/mol. The first-order chi connectivity index (χ1) is 14.1. The van der Waals surface area contributed by atoms with Crippen LogP contribution in [0.15, 0.2) is 66.7 Å². The zero-order valence-electron chi connectivity index (χ0n) is 16.6. The summed E-state index contributed by atoms with van der Waals surface area (Å²) < 4.78 is 0. The van der Waals surface area contributed by atoms with Gasteiger partial charge in [-0.25, -0.2) is 0 Å². The predicted octanol–water partition coefficient (Wildman–Crippen LogP) is 4.29. The summed E-state index contributed by atoms with van der Waals surface area (Å²) in [6, 6.07) is 22.7. The SMILES string of the molecule is N=C(N)c1ccc2cc(CC[C@H]3CCCN3C(=O)Cc3ccccc3)ccc2c1. The molecule has 0 saturated carbocycles. The zero-order chi connectivity index (χ0) is 20.2. The van der Waals surface area contributed by atoms with Gasteiger partial charge in [0.25, 0.3) is 0 Å². The molecule has 1 saturated heterocycles. The lowest BCUT2D eigenvalue weighted by Crippen LogP contribution is -2.36. The molecule has 4 heteroatoms. The Morgan fingerprint density at radius 1 is 1.00 bits per heavy atom. The molecule has 0 aliphatic carbocycles. The average Bonchev–Trinajstić information content (AvgIpc) is 3.21. The lowest BCUT2D eigenvalue weighted by Gasteiger charge is -2.25. The van der Waals surface area contributed by atoms with E-state index in [4.69, 9.17) is 11.1 Å². The maximum absolute atomic E-state index is 12.8. The van der Waals surface area contributed by atoms with Gasteiger partial charge in [-0.15, -0.1) is 0 Å². The summed E-state index contributed by atoms with van der Waals surface area (Å²) in [4.78, 5) is 14.9.